The molecule has 0 aromatic heterocycles. The highest BCUT2D eigenvalue weighted by atomic mass is 35.5. The Morgan fingerprint density at radius 2 is 1.94 bits per heavy atom. The average Bonchev–Trinajstić information content (AvgIpc) is 2.28. The summed E-state index contributed by atoms with van der Waals surface area (Å²) in [4.78, 5) is 0. The lowest BCUT2D eigenvalue weighted by Gasteiger charge is -2.15. The second-order valence-corrected chi connectivity index (χ2v) is 5.41. The van der Waals surface area contributed by atoms with E-state index in [4.69, 9.17) is 11.6 Å². The minimum absolute atomic E-state index is 0.192. The van der Waals surface area contributed by atoms with E-state index in [0.717, 1.165) is 17.9 Å². The van der Waals surface area contributed by atoms with Gasteiger partial charge >= 0.3 is 0 Å². The van der Waals surface area contributed by atoms with Crippen molar-refractivity contribution in [2.24, 2.45) is 5.92 Å². The van der Waals surface area contributed by atoms with E-state index in [0.29, 0.717) is 17.6 Å². The molecule has 0 amide bonds. The summed E-state index contributed by atoms with van der Waals surface area (Å²) in [6.45, 7) is 7.29. The third-order valence-electron chi connectivity index (χ3n) is 2.89. The summed E-state index contributed by atoms with van der Waals surface area (Å²) >= 11 is 5.85. The van der Waals surface area contributed by atoms with Crippen molar-refractivity contribution in [2.75, 3.05) is 0 Å². The molecule has 3 heteroatoms. The van der Waals surface area contributed by atoms with E-state index in [2.05, 4.69) is 26.1 Å². The van der Waals surface area contributed by atoms with Crippen LogP contribution in [0, 0.1) is 5.92 Å². The van der Waals surface area contributed by atoms with Crippen LogP contribution in [0.1, 0.15) is 39.2 Å². The van der Waals surface area contributed by atoms with Crippen molar-refractivity contribution in [3.05, 3.63) is 28.8 Å². The van der Waals surface area contributed by atoms with Crippen molar-refractivity contribution in [1.29, 1.82) is 0 Å². The van der Waals surface area contributed by atoms with Crippen molar-refractivity contribution in [2.45, 2.75) is 46.2 Å². The molecule has 0 spiro atoms. The van der Waals surface area contributed by atoms with Gasteiger partial charge in [0.2, 0.25) is 0 Å². The molecule has 0 aliphatic rings. The summed E-state index contributed by atoms with van der Waals surface area (Å²) < 4.78 is 0. The number of phenols is 1. The van der Waals surface area contributed by atoms with Crippen molar-refractivity contribution in [3.8, 4) is 5.75 Å². The Kier molecular flexibility index (Phi) is 5.79. The van der Waals surface area contributed by atoms with Crippen LogP contribution in [0.15, 0.2) is 18.2 Å². The Labute approximate surface area is 109 Å². The van der Waals surface area contributed by atoms with Gasteiger partial charge in [0.05, 0.1) is 5.02 Å². The van der Waals surface area contributed by atoms with Gasteiger partial charge in [-0.25, -0.2) is 0 Å². The van der Waals surface area contributed by atoms with Crippen LogP contribution in [0.2, 0.25) is 5.02 Å². The molecule has 1 atom stereocenters. The van der Waals surface area contributed by atoms with Crippen molar-refractivity contribution < 1.29 is 5.11 Å². The zero-order chi connectivity index (χ0) is 12.8. The fourth-order valence-electron chi connectivity index (χ4n) is 1.67. The number of rotatable bonds is 6. The van der Waals surface area contributed by atoms with Gasteiger partial charge in [-0.15, -0.1) is 0 Å². The van der Waals surface area contributed by atoms with Crippen LogP contribution in [-0.2, 0) is 6.54 Å². The smallest absolute Gasteiger partial charge is 0.138 e. The maximum Gasteiger partial charge on any atom is 0.138 e. The van der Waals surface area contributed by atoms with Gasteiger partial charge in [-0.05, 0) is 31.7 Å². The molecule has 0 aliphatic heterocycles. The first kappa shape index (κ1) is 14.3. The summed E-state index contributed by atoms with van der Waals surface area (Å²) in [6, 6.07) is 5.90. The molecule has 2 nitrogen and oxygen atoms in total. The van der Waals surface area contributed by atoms with Gasteiger partial charge in [-0.3, -0.25) is 0 Å². The fourth-order valence-corrected chi connectivity index (χ4v) is 1.87. The molecule has 0 radical (unpaired) electrons. The van der Waals surface area contributed by atoms with E-state index < -0.39 is 0 Å². The highest BCUT2D eigenvalue weighted by Gasteiger charge is 2.07. The number of phenolic OH excluding ortho intramolecular Hbond substituents is 1. The summed E-state index contributed by atoms with van der Waals surface area (Å²) in [5.41, 5.74) is 0.855. The lowest BCUT2D eigenvalue weighted by molar-refractivity contribution is 0.436. The molecule has 0 fully saturated rings. The van der Waals surface area contributed by atoms with Gasteiger partial charge in [0.15, 0.2) is 0 Å². The number of aromatic hydroxyl groups is 1. The predicted octanol–water partition coefficient (Wildman–Crippen LogP) is 3.96. The number of para-hydroxylation sites is 1. The molecule has 0 saturated heterocycles. The monoisotopic (exact) mass is 255 g/mol. The van der Waals surface area contributed by atoms with E-state index in [1.165, 1.54) is 6.42 Å². The third-order valence-corrected chi connectivity index (χ3v) is 3.19. The van der Waals surface area contributed by atoms with Crippen LogP contribution < -0.4 is 5.32 Å². The first-order chi connectivity index (χ1) is 8.00. The van der Waals surface area contributed by atoms with Crippen molar-refractivity contribution in [1.82, 2.24) is 5.32 Å². The Morgan fingerprint density at radius 1 is 1.24 bits per heavy atom. The topological polar surface area (TPSA) is 32.3 Å². The van der Waals surface area contributed by atoms with Gasteiger partial charge in [0.25, 0.3) is 0 Å². The van der Waals surface area contributed by atoms with E-state index in [9.17, 15) is 5.11 Å². The molecule has 1 aromatic rings. The largest absolute Gasteiger partial charge is 0.506 e. The second-order valence-electron chi connectivity index (χ2n) is 5.00. The molecule has 0 aliphatic carbocycles. The molecule has 1 rings (SSSR count). The zero-order valence-electron chi connectivity index (χ0n) is 10.8. The van der Waals surface area contributed by atoms with Gasteiger partial charge in [-0.1, -0.05) is 37.6 Å². The molecule has 0 heterocycles. The molecular formula is C14H22ClNO. The van der Waals surface area contributed by atoms with E-state index in [1.54, 1.807) is 6.07 Å². The van der Waals surface area contributed by atoms with E-state index >= 15 is 0 Å². The highest BCUT2D eigenvalue weighted by molar-refractivity contribution is 6.32. The van der Waals surface area contributed by atoms with Crippen LogP contribution in [0.3, 0.4) is 0 Å². The standard InChI is InChI=1S/C14H22ClNO/c1-10(2)7-8-11(3)16-9-12-5-4-6-13(15)14(12)17/h4-6,10-11,16-17H,7-9H2,1-3H3. The van der Waals surface area contributed by atoms with Crippen LogP contribution in [0.5, 0.6) is 5.75 Å². The minimum Gasteiger partial charge on any atom is -0.506 e. The number of nitrogens with one attached hydrogen (secondary N) is 1. The molecule has 0 saturated carbocycles. The normalized spacial score (nSPS) is 13.0. The first-order valence-electron chi connectivity index (χ1n) is 6.20. The zero-order valence-corrected chi connectivity index (χ0v) is 11.6. The first-order valence-corrected chi connectivity index (χ1v) is 6.58. The third kappa shape index (κ3) is 4.97. The van der Waals surface area contributed by atoms with Crippen LogP contribution in [-0.4, -0.2) is 11.1 Å². The Bertz CT molecular complexity index is 352. The molecule has 96 valence electrons. The molecule has 0 bridgehead atoms. The van der Waals surface area contributed by atoms with Crippen LogP contribution in [0.25, 0.3) is 0 Å². The van der Waals surface area contributed by atoms with Gasteiger partial charge in [0.1, 0.15) is 5.75 Å². The Hall–Kier alpha value is -0.730. The average molecular weight is 256 g/mol. The van der Waals surface area contributed by atoms with Crippen molar-refractivity contribution >= 4 is 11.6 Å². The van der Waals surface area contributed by atoms with Gasteiger partial charge < -0.3 is 10.4 Å². The maximum atomic E-state index is 9.76. The molecular weight excluding hydrogens is 234 g/mol. The number of hydrogen-bond donors (Lipinski definition) is 2. The molecule has 1 unspecified atom stereocenters. The lowest BCUT2D eigenvalue weighted by atomic mass is 10.0. The Balaban J connectivity index is 2.42. The predicted molar refractivity (Wildman–Crippen MR) is 73.5 cm³/mol. The van der Waals surface area contributed by atoms with Crippen LogP contribution in [0.4, 0.5) is 0 Å². The van der Waals surface area contributed by atoms with Crippen molar-refractivity contribution in [3.63, 3.8) is 0 Å². The molecule has 2 N–H and O–H groups in total. The Morgan fingerprint density at radius 3 is 2.59 bits per heavy atom. The number of benzene rings is 1. The summed E-state index contributed by atoms with van der Waals surface area (Å²) in [6.07, 6.45) is 2.37. The lowest BCUT2D eigenvalue weighted by Crippen LogP contribution is -2.25. The van der Waals surface area contributed by atoms with Crippen LogP contribution >= 0.6 is 11.6 Å². The molecule has 1 aromatic carbocycles. The summed E-state index contributed by atoms with van der Waals surface area (Å²) in [5, 5.41) is 13.6. The summed E-state index contributed by atoms with van der Waals surface area (Å²) in [5.74, 6) is 0.927. The number of hydrogen-bond acceptors (Lipinski definition) is 2. The SMILES string of the molecule is CC(C)CCC(C)NCc1cccc(Cl)c1O. The van der Waals surface area contributed by atoms with E-state index in [1.807, 2.05) is 12.1 Å². The van der Waals surface area contributed by atoms with E-state index in [-0.39, 0.29) is 5.75 Å². The fraction of sp³-hybridized carbons (Fsp3) is 0.571. The number of halogens is 1. The second kappa shape index (κ2) is 6.87. The van der Waals surface area contributed by atoms with Gasteiger partial charge in [-0.2, -0.15) is 0 Å². The highest BCUT2D eigenvalue weighted by Crippen LogP contribution is 2.26. The quantitative estimate of drug-likeness (QED) is 0.807. The summed E-state index contributed by atoms with van der Waals surface area (Å²) in [7, 11) is 0. The molecule has 17 heavy (non-hydrogen) atoms. The minimum atomic E-state index is 0.192. The maximum absolute atomic E-state index is 9.76. The van der Waals surface area contributed by atoms with Gasteiger partial charge in [0, 0.05) is 18.2 Å².